The number of rotatable bonds is 4. The van der Waals surface area contributed by atoms with Gasteiger partial charge in [-0.15, -0.1) is 11.3 Å². The molecule has 0 unspecified atom stereocenters. The van der Waals surface area contributed by atoms with Gasteiger partial charge in [0.1, 0.15) is 17.2 Å². The van der Waals surface area contributed by atoms with Gasteiger partial charge in [-0.25, -0.2) is 4.98 Å². The molecule has 0 bridgehead atoms. The first kappa shape index (κ1) is 14.3. The van der Waals surface area contributed by atoms with E-state index >= 15 is 0 Å². The van der Waals surface area contributed by atoms with Gasteiger partial charge in [-0.1, -0.05) is 0 Å². The van der Waals surface area contributed by atoms with Crippen molar-refractivity contribution in [2.75, 3.05) is 5.32 Å². The summed E-state index contributed by atoms with van der Waals surface area (Å²) in [6.45, 7) is 5.07. The summed E-state index contributed by atoms with van der Waals surface area (Å²) in [6.07, 6.45) is 0. The highest BCUT2D eigenvalue weighted by Gasteiger charge is 2.16. The van der Waals surface area contributed by atoms with Crippen molar-refractivity contribution < 1.29 is 14.0 Å². The summed E-state index contributed by atoms with van der Waals surface area (Å²) in [5, 5.41) is 7.33. The first-order valence-electron chi connectivity index (χ1n) is 6.06. The van der Waals surface area contributed by atoms with Crippen LogP contribution in [0, 0.1) is 6.92 Å². The molecule has 2 aromatic rings. The number of hydrogen-bond donors (Lipinski definition) is 2. The number of thiazole rings is 1. The molecule has 0 aromatic carbocycles. The van der Waals surface area contributed by atoms with Crippen LogP contribution < -0.4 is 10.6 Å². The topological polar surface area (TPSA) is 84.2 Å². The number of nitrogens with zero attached hydrogens (tertiary/aromatic N) is 1. The highest BCUT2D eigenvalue weighted by atomic mass is 32.1. The Morgan fingerprint density at radius 2 is 2.15 bits per heavy atom. The van der Waals surface area contributed by atoms with Crippen LogP contribution in [0.15, 0.2) is 21.9 Å². The second-order valence-electron chi connectivity index (χ2n) is 4.36. The highest BCUT2D eigenvalue weighted by Crippen LogP contribution is 2.18. The molecule has 7 heteroatoms. The van der Waals surface area contributed by atoms with E-state index in [1.807, 2.05) is 26.0 Å². The second-order valence-corrected chi connectivity index (χ2v) is 5.22. The number of carbonyl (C=O) groups excluding carboxylic acids is 2. The molecule has 0 aliphatic rings. The summed E-state index contributed by atoms with van der Waals surface area (Å²) in [6, 6.07) is 3.42. The average molecular weight is 293 g/mol. The molecule has 2 amide bonds. The Bertz CT molecular complexity index is 632. The fraction of sp³-hybridized carbons (Fsp3) is 0.308. The third-order valence-electron chi connectivity index (χ3n) is 2.56. The van der Waals surface area contributed by atoms with Crippen LogP contribution in [-0.2, 0) is 4.79 Å². The van der Waals surface area contributed by atoms with Gasteiger partial charge in [0.05, 0.1) is 6.04 Å². The number of aryl methyl sites for hydroxylation is 1. The van der Waals surface area contributed by atoms with E-state index in [1.54, 1.807) is 5.38 Å². The lowest BCUT2D eigenvalue weighted by molar-refractivity contribution is -0.114. The monoisotopic (exact) mass is 293 g/mol. The molecule has 0 saturated carbocycles. The van der Waals surface area contributed by atoms with Crippen molar-refractivity contribution in [3.63, 3.8) is 0 Å². The summed E-state index contributed by atoms with van der Waals surface area (Å²) in [7, 11) is 0. The Balaban J connectivity index is 2.01. The predicted octanol–water partition coefficient (Wildman–Crippen LogP) is 2.49. The summed E-state index contributed by atoms with van der Waals surface area (Å²) in [4.78, 5) is 27.0. The third kappa shape index (κ3) is 3.45. The molecule has 0 aliphatic heterocycles. The lowest BCUT2D eigenvalue weighted by atomic mass is 10.2. The van der Waals surface area contributed by atoms with Crippen molar-refractivity contribution in [1.82, 2.24) is 10.3 Å². The Labute approximate surface area is 120 Å². The molecule has 2 aromatic heterocycles. The molecule has 20 heavy (non-hydrogen) atoms. The third-order valence-corrected chi connectivity index (χ3v) is 3.31. The summed E-state index contributed by atoms with van der Waals surface area (Å²) in [5.74, 6) is 0.959. The van der Waals surface area contributed by atoms with E-state index in [9.17, 15) is 9.59 Å². The van der Waals surface area contributed by atoms with Crippen molar-refractivity contribution in [3.8, 4) is 0 Å². The normalized spacial score (nSPS) is 11.9. The van der Waals surface area contributed by atoms with Crippen LogP contribution in [0.2, 0.25) is 0 Å². The molecule has 106 valence electrons. The minimum Gasteiger partial charge on any atom is -0.464 e. The molecular weight excluding hydrogens is 278 g/mol. The average Bonchev–Trinajstić information content (AvgIpc) is 2.97. The molecule has 2 N–H and O–H groups in total. The maximum Gasteiger partial charge on any atom is 0.271 e. The fourth-order valence-electron chi connectivity index (χ4n) is 1.61. The standard InChI is InChI=1S/C13H15N3O3S/c1-7-4-5-11(19-7)8(2)14-12(18)10-6-20-13(16-10)15-9(3)17/h4-6,8H,1-3H3,(H,14,18)(H,15,16,17)/t8-/m1/s1. The Hall–Kier alpha value is -2.15. The van der Waals surface area contributed by atoms with Crippen LogP contribution in [0.3, 0.4) is 0 Å². The molecule has 0 spiro atoms. The Morgan fingerprint density at radius 1 is 1.40 bits per heavy atom. The number of carbonyl (C=O) groups is 2. The zero-order valence-corrected chi connectivity index (χ0v) is 12.2. The van der Waals surface area contributed by atoms with Crippen molar-refractivity contribution in [3.05, 3.63) is 34.7 Å². The smallest absolute Gasteiger partial charge is 0.271 e. The summed E-state index contributed by atoms with van der Waals surface area (Å²) >= 11 is 1.21. The van der Waals surface area contributed by atoms with Gasteiger partial charge < -0.3 is 15.1 Å². The zero-order chi connectivity index (χ0) is 14.7. The molecule has 0 radical (unpaired) electrons. The first-order chi connectivity index (χ1) is 9.45. The first-order valence-corrected chi connectivity index (χ1v) is 6.94. The molecule has 6 nitrogen and oxygen atoms in total. The van der Waals surface area contributed by atoms with Crippen LogP contribution in [0.5, 0.6) is 0 Å². The van der Waals surface area contributed by atoms with Crippen LogP contribution in [0.1, 0.15) is 41.9 Å². The van der Waals surface area contributed by atoms with E-state index in [2.05, 4.69) is 15.6 Å². The molecule has 0 fully saturated rings. The molecular formula is C13H15N3O3S. The Kier molecular flexibility index (Phi) is 4.19. The number of hydrogen-bond acceptors (Lipinski definition) is 5. The van der Waals surface area contributed by atoms with E-state index in [-0.39, 0.29) is 23.6 Å². The number of anilines is 1. The highest BCUT2D eigenvalue weighted by molar-refractivity contribution is 7.14. The SMILES string of the molecule is CC(=O)Nc1nc(C(=O)N[C@H](C)c2ccc(C)o2)cs1. The zero-order valence-electron chi connectivity index (χ0n) is 11.4. The largest absolute Gasteiger partial charge is 0.464 e. The lowest BCUT2D eigenvalue weighted by Gasteiger charge is -2.09. The second kappa shape index (κ2) is 5.87. The fourth-order valence-corrected chi connectivity index (χ4v) is 2.35. The number of furan rings is 1. The van der Waals surface area contributed by atoms with Crippen LogP contribution in [-0.4, -0.2) is 16.8 Å². The maximum atomic E-state index is 12.0. The maximum absolute atomic E-state index is 12.0. The molecule has 2 rings (SSSR count). The predicted molar refractivity (Wildman–Crippen MR) is 75.7 cm³/mol. The van der Waals surface area contributed by atoms with Crippen molar-refractivity contribution in [2.24, 2.45) is 0 Å². The van der Waals surface area contributed by atoms with Gasteiger partial charge in [0.25, 0.3) is 5.91 Å². The van der Waals surface area contributed by atoms with Crippen LogP contribution >= 0.6 is 11.3 Å². The van der Waals surface area contributed by atoms with Crippen LogP contribution in [0.25, 0.3) is 0 Å². The molecule has 0 saturated heterocycles. The van der Waals surface area contributed by atoms with Gasteiger partial charge in [0.15, 0.2) is 5.13 Å². The van der Waals surface area contributed by atoms with Gasteiger partial charge in [0, 0.05) is 12.3 Å². The van der Waals surface area contributed by atoms with E-state index in [0.29, 0.717) is 10.9 Å². The Morgan fingerprint density at radius 3 is 2.75 bits per heavy atom. The minimum absolute atomic E-state index is 0.217. The van der Waals surface area contributed by atoms with Crippen molar-refractivity contribution in [1.29, 1.82) is 0 Å². The molecule has 2 heterocycles. The lowest BCUT2D eigenvalue weighted by Crippen LogP contribution is -2.26. The molecule has 1 atom stereocenters. The van der Waals surface area contributed by atoms with Gasteiger partial charge >= 0.3 is 0 Å². The molecule has 0 aliphatic carbocycles. The number of nitrogens with one attached hydrogen (secondary N) is 2. The quantitative estimate of drug-likeness (QED) is 0.907. The van der Waals surface area contributed by atoms with E-state index < -0.39 is 0 Å². The number of amides is 2. The van der Waals surface area contributed by atoms with Crippen LogP contribution in [0.4, 0.5) is 5.13 Å². The summed E-state index contributed by atoms with van der Waals surface area (Å²) < 4.78 is 5.45. The van der Waals surface area contributed by atoms with E-state index in [1.165, 1.54) is 18.3 Å². The van der Waals surface area contributed by atoms with Crippen molar-refractivity contribution in [2.45, 2.75) is 26.8 Å². The number of aromatic nitrogens is 1. The minimum atomic E-state index is -0.306. The van der Waals surface area contributed by atoms with Gasteiger partial charge in [-0.2, -0.15) is 0 Å². The van der Waals surface area contributed by atoms with Gasteiger partial charge in [-0.05, 0) is 26.0 Å². The van der Waals surface area contributed by atoms with Gasteiger partial charge in [0.2, 0.25) is 5.91 Å². The summed E-state index contributed by atoms with van der Waals surface area (Å²) in [5.41, 5.74) is 0.272. The van der Waals surface area contributed by atoms with Gasteiger partial charge in [-0.3, -0.25) is 9.59 Å². The van der Waals surface area contributed by atoms with E-state index in [0.717, 1.165) is 5.76 Å². The van der Waals surface area contributed by atoms with Crippen molar-refractivity contribution >= 4 is 28.3 Å². The van der Waals surface area contributed by atoms with E-state index in [4.69, 9.17) is 4.42 Å².